The van der Waals surface area contributed by atoms with Gasteiger partial charge in [0, 0.05) is 17.0 Å². The molecule has 11 heteroatoms. The number of pyridine rings is 1. The van der Waals surface area contributed by atoms with Crippen molar-refractivity contribution in [2.75, 3.05) is 0 Å². The fraction of sp³-hybridized carbons (Fsp3) is 0.0769. The van der Waals surface area contributed by atoms with E-state index in [1.165, 1.54) is 18.2 Å². The smallest absolute Gasteiger partial charge is 0.464 e. The summed E-state index contributed by atoms with van der Waals surface area (Å²) < 4.78 is 64.7. The number of nitrogens with zero attached hydrogens (tertiary/aromatic N) is 2. The van der Waals surface area contributed by atoms with Crippen LogP contribution >= 0.6 is 0 Å². The van der Waals surface area contributed by atoms with Gasteiger partial charge in [0.2, 0.25) is 0 Å². The van der Waals surface area contributed by atoms with Gasteiger partial charge in [-0.1, -0.05) is 18.2 Å². The Morgan fingerprint density at radius 3 is 2.46 bits per heavy atom. The van der Waals surface area contributed by atoms with E-state index in [4.69, 9.17) is 0 Å². The Balaban J connectivity index is 2.37. The van der Waals surface area contributed by atoms with E-state index >= 15 is 0 Å². The quantitative estimate of drug-likeness (QED) is 0.557. The summed E-state index contributed by atoms with van der Waals surface area (Å²) in [5, 5.41) is 9.95. The van der Waals surface area contributed by atoms with Crippen molar-refractivity contribution in [2.24, 2.45) is 0 Å². The van der Waals surface area contributed by atoms with Crippen LogP contribution in [0.1, 0.15) is 0 Å². The lowest BCUT2D eigenvalue weighted by molar-refractivity contribution is -0.0500. The number of para-hydroxylation sites is 1. The van der Waals surface area contributed by atoms with Crippen LogP contribution < -0.4 is 4.18 Å². The van der Waals surface area contributed by atoms with Crippen molar-refractivity contribution in [3.05, 3.63) is 36.5 Å². The lowest BCUT2D eigenvalue weighted by Gasteiger charge is -2.10. The van der Waals surface area contributed by atoms with Gasteiger partial charge in [-0.3, -0.25) is 0 Å². The third kappa shape index (κ3) is 2.33. The standard InChI is InChI=1S/C13H7F3N2O5S/c14-13(15,16)24(21,22)23-11-10-8(5-6-17-11)7-3-1-2-4-9(7)18(10)12(19)20/h1-6H,(H,19,20). The Hall–Kier alpha value is -2.82. The number of alkyl halides is 3. The molecule has 1 aromatic carbocycles. The highest BCUT2D eigenvalue weighted by Crippen LogP contribution is 2.35. The maximum atomic E-state index is 12.5. The Labute approximate surface area is 132 Å². The third-order valence-corrected chi connectivity index (χ3v) is 4.16. The summed E-state index contributed by atoms with van der Waals surface area (Å²) in [6.07, 6.45) is -0.495. The van der Waals surface area contributed by atoms with E-state index in [9.17, 15) is 31.5 Å². The van der Waals surface area contributed by atoms with Crippen LogP contribution in [0.5, 0.6) is 5.88 Å². The number of fused-ring (bicyclic) bond motifs is 3. The van der Waals surface area contributed by atoms with Gasteiger partial charge in [-0.2, -0.15) is 21.6 Å². The zero-order valence-electron chi connectivity index (χ0n) is 11.5. The van der Waals surface area contributed by atoms with Crippen molar-refractivity contribution in [3.63, 3.8) is 0 Å². The van der Waals surface area contributed by atoms with Crippen molar-refractivity contribution in [1.29, 1.82) is 0 Å². The van der Waals surface area contributed by atoms with Gasteiger partial charge in [-0.25, -0.2) is 14.3 Å². The molecule has 0 fully saturated rings. The molecule has 7 nitrogen and oxygen atoms in total. The molecule has 3 rings (SSSR count). The van der Waals surface area contributed by atoms with Crippen molar-refractivity contribution in [2.45, 2.75) is 5.51 Å². The van der Waals surface area contributed by atoms with Crippen molar-refractivity contribution in [3.8, 4) is 5.88 Å². The Morgan fingerprint density at radius 2 is 1.83 bits per heavy atom. The normalized spacial score (nSPS) is 12.6. The van der Waals surface area contributed by atoms with Crippen molar-refractivity contribution < 1.29 is 35.7 Å². The first kappa shape index (κ1) is 16.1. The molecule has 2 heterocycles. The average molecular weight is 360 g/mol. The first-order valence-electron chi connectivity index (χ1n) is 6.25. The fourth-order valence-corrected chi connectivity index (χ4v) is 2.72. The Bertz CT molecular complexity index is 1070. The summed E-state index contributed by atoms with van der Waals surface area (Å²) in [6.45, 7) is 0. The van der Waals surface area contributed by atoms with Gasteiger partial charge >= 0.3 is 21.7 Å². The predicted molar refractivity (Wildman–Crippen MR) is 76.3 cm³/mol. The Kier molecular flexibility index (Phi) is 3.41. The number of benzene rings is 1. The number of carboxylic acid groups (broad SMARTS) is 1. The van der Waals surface area contributed by atoms with E-state index in [2.05, 4.69) is 9.17 Å². The van der Waals surface area contributed by atoms with Gasteiger partial charge < -0.3 is 9.29 Å². The predicted octanol–water partition coefficient (Wildman–Crippen LogP) is 2.94. The molecule has 0 bridgehead atoms. The summed E-state index contributed by atoms with van der Waals surface area (Å²) in [4.78, 5) is 15.0. The molecule has 24 heavy (non-hydrogen) atoms. The lowest BCUT2D eigenvalue weighted by Crippen LogP contribution is -2.28. The molecule has 1 N–H and O–H groups in total. The first-order chi connectivity index (χ1) is 11.1. The maximum absolute atomic E-state index is 12.5. The van der Waals surface area contributed by atoms with Gasteiger partial charge in [-0.15, -0.1) is 0 Å². The van der Waals surface area contributed by atoms with Crippen LogP contribution in [0, 0.1) is 0 Å². The molecule has 0 aliphatic carbocycles. The number of rotatable bonds is 2. The Morgan fingerprint density at radius 1 is 1.17 bits per heavy atom. The number of hydrogen-bond acceptors (Lipinski definition) is 5. The monoisotopic (exact) mass is 360 g/mol. The summed E-state index contributed by atoms with van der Waals surface area (Å²) in [5.41, 5.74) is -5.90. The molecule has 3 aromatic rings. The minimum Gasteiger partial charge on any atom is -0.464 e. The van der Waals surface area contributed by atoms with Crippen LogP contribution in [0.2, 0.25) is 0 Å². The molecule has 0 atom stereocenters. The van der Waals surface area contributed by atoms with Crippen molar-refractivity contribution >= 4 is 38.0 Å². The van der Waals surface area contributed by atoms with E-state index in [1.54, 1.807) is 12.1 Å². The zero-order valence-corrected chi connectivity index (χ0v) is 12.3. The summed E-state index contributed by atoms with van der Waals surface area (Å²) in [7, 11) is -5.99. The molecule has 0 saturated heterocycles. The molecule has 0 spiro atoms. The van der Waals surface area contributed by atoms with E-state index < -0.39 is 27.6 Å². The molecule has 0 aliphatic heterocycles. The van der Waals surface area contributed by atoms with Crippen LogP contribution in [0.3, 0.4) is 0 Å². The highest BCUT2D eigenvalue weighted by Gasteiger charge is 2.49. The van der Waals surface area contributed by atoms with E-state index in [1.807, 2.05) is 0 Å². The van der Waals surface area contributed by atoms with Gasteiger partial charge in [-0.05, 0) is 12.1 Å². The second-order valence-corrected chi connectivity index (χ2v) is 6.17. The van der Waals surface area contributed by atoms with Crippen LogP contribution in [0.15, 0.2) is 36.5 Å². The number of halogens is 3. The molecule has 0 amide bonds. The zero-order chi connectivity index (χ0) is 17.7. The molecule has 0 radical (unpaired) electrons. The van der Waals surface area contributed by atoms with Crippen LogP contribution in [0.25, 0.3) is 21.8 Å². The molecule has 2 aromatic heterocycles. The summed E-state index contributed by atoms with van der Waals surface area (Å²) in [5.74, 6) is -0.969. The van der Waals surface area contributed by atoms with Crippen LogP contribution in [-0.4, -0.2) is 34.7 Å². The van der Waals surface area contributed by atoms with Crippen molar-refractivity contribution in [1.82, 2.24) is 9.55 Å². The highest BCUT2D eigenvalue weighted by atomic mass is 32.2. The molecular formula is C13H7F3N2O5S. The average Bonchev–Trinajstić information content (AvgIpc) is 2.81. The fourth-order valence-electron chi connectivity index (χ4n) is 2.30. The maximum Gasteiger partial charge on any atom is 0.534 e. The van der Waals surface area contributed by atoms with Gasteiger partial charge in [0.25, 0.3) is 5.88 Å². The van der Waals surface area contributed by atoms with E-state index in [0.29, 0.717) is 9.95 Å². The lowest BCUT2D eigenvalue weighted by atomic mass is 10.2. The largest absolute Gasteiger partial charge is 0.534 e. The molecule has 0 aliphatic rings. The van der Waals surface area contributed by atoms with Gasteiger partial charge in [0.15, 0.2) is 0 Å². The first-order valence-corrected chi connectivity index (χ1v) is 7.66. The summed E-state index contributed by atoms with van der Waals surface area (Å²) >= 11 is 0. The van der Waals surface area contributed by atoms with Gasteiger partial charge in [0.05, 0.1) is 5.52 Å². The molecule has 126 valence electrons. The van der Waals surface area contributed by atoms with Crippen LogP contribution in [-0.2, 0) is 10.1 Å². The van der Waals surface area contributed by atoms with Crippen LogP contribution in [0.4, 0.5) is 18.0 Å². The minimum absolute atomic E-state index is 0.155. The van der Waals surface area contributed by atoms with E-state index in [0.717, 1.165) is 6.20 Å². The minimum atomic E-state index is -5.99. The second kappa shape index (κ2) is 5.09. The third-order valence-electron chi connectivity index (χ3n) is 3.21. The number of aromatic nitrogens is 2. The molecule has 0 saturated carbocycles. The highest BCUT2D eigenvalue weighted by molar-refractivity contribution is 7.88. The number of hydrogen-bond donors (Lipinski definition) is 1. The topological polar surface area (TPSA) is 98.5 Å². The number of carbonyl (C=O) groups is 1. The van der Waals surface area contributed by atoms with E-state index in [-0.39, 0.29) is 16.4 Å². The summed E-state index contributed by atoms with van der Waals surface area (Å²) in [6, 6.07) is 7.44. The second-order valence-electron chi connectivity index (χ2n) is 4.63. The van der Waals surface area contributed by atoms with Gasteiger partial charge in [0.1, 0.15) is 5.52 Å². The SMILES string of the molecule is O=C(O)n1c2ccccc2c2ccnc(OS(=O)(=O)C(F)(F)F)c21. The molecular weight excluding hydrogens is 353 g/mol. The molecule has 0 unspecified atom stereocenters.